The van der Waals surface area contributed by atoms with E-state index in [2.05, 4.69) is 5.10 Å². The maximum Gasteiger partial charge on any atom is 0.332 e. The molecule has 0 saturated heterocycles. The second kappa shape index (κ2) is 6.21. The zero-order valence-electron chi connectivity index (χ0n) is 11.9. The van der Waals surface area contributed by atoms with Crippen molar-refractivity contribution in [2.45, 2.75) is 19.5 Å². The van der Waals surface area contributed by atoms with Crippen LogP contribution >= 0.6 is 0 Å². The van der Waals surface area contributed by atoms with E-state index in [1.165, 1.54) is 22.7 Å². The van der Waals surface area contributed by atoms with Gasteiger partial charge in [-0.3, -0.25) is 9.48 Å². The molecule has 1 heterocycles. The second-order valence-corrected chi connectivity index (χ2v) is 4.75. The third-order valence-electron chi connectivity index (χ3n) is 3.28. The molecule has 1 unspecified atom stereocenters. The number of hydrogen-bond donors (Lipinski definition) is 1. The SMILES string of the molecule is CC(=O)N(Cc1ccccc1)C(C(=O)O)c1ccnn1C. The predicted molar refractivity (Wildman–Crippen MR) is 76.3 cm³/mol. The van der Waals surface area contributed by atoms with Gasteiger partial charge in [-0.1, -0.05) is 30.3 Å². The lowest BCUT2D eigenvalue weighted by atomic mass is 10.1. The third-order valence-corrected chi connectivity index (χ3v) is 3.28. The number of aromatic nitrogens is 2. The van der Waals surface area contributed by atoms with E-state index < -0.39 is 12.0 Å². The summed E-state index contributed by atoms with van der Waals surface area (Å²) in [6, 6.07) is 9.85. The molecule has 2 aromatic rings. The highest BCUT2D eigenvalue weighted by Crippen LogP contribution is 2.23. The van der Waals surface area contributed by atoms with Crippen LogP contribution in [0.25, 0.3) is 0 Å². The zero-order valence-corrected chi connectivity index (χ0v) is 11.9. The van der Waals surface area contributed by atoms with Crippen molar-refractivity contribution in [2.75, 3.05) is 0 Å². The summed E-state index contributed by atoms with van der Waals surface area (Å²) in [7, 11) is 1.66. The molecule has 0 spiro atoms. The van der Waals surface area contributed by atoms with Crippen LogP contribution in [0.15, 0.2) is 42.6 Å². The Labute approximate surface area is 122 Å². The van der Waals surface area contributed by atoms with Crippen LogP contribution in [0.3, 0.4) is 0 Å². The maximum atomic E-state index is 11.9. The van der Waals surface area contributed by atoms with Crippen LogP contribution < -0.4 is 0 Å². The zero-order chi connectivity index (χ0) is 15.4. The molecule has 1 N–H and O–H groups in total. The molecule has 1 amide bonds. The van der Waals surface area contributed by atoms with Crippen molar-refractivity contribution < 1.29 is 14.7 Å². The van der Waals surface area contributed by atoms with Crippen molar-refractivity contribution in [3.63, 3.8) is 0 Å². The number of hydrogen-bond acceptors (Lipinski definition) is 3. The van der Waals surface area contributed by atoms with Gasteiger partial charge in [0.05, 0.1) is 5.69 Å². The Hall–Kier alpha value is -2.63. The smallest absolute Gasteiger partial charge is 0.332 e. The van der Waals surface area contributed by atoms with Crippen LogP contribution in [0.1, 0.15) is 24.2 Å². The standard InChI is InChI=1S/C15H17N3O3/c1-11(19)18(10-12-6-4-3-5-7-12)14(15(20)21)13-8-9-16-17(13)2/h3-9,14H,10H2,1-2H3,(H,20,21). The first-order valence-electron chi connectivity index (χ1n) is 6.52. The Morgan fingerprint density at radius 2 is 1.95 bits per heavy atom. The molecule has 6 nitrogen and oxygen atoms in total. The molecule has 1 aromatic carbocycles. The Morgan fingerprint density at radius 3 is 2.43 bits per heavy atom. The Balaban J connectivity index is 2.36. The quantitative estimate of drug-likeness (QED) is 0.906. The van der Waals surface area contributed by atoms with Gasteiger partial charge in [0.2, 0.25) is 5.91 Å². The van der Waals surface area contributed by atoms with Gasteiger partial charge in [0.15, 0.2) is 6.04 Å². The summed E-state index contributed by atoms with van der Waals surface area (Å²) < 4.78 is 1.47. The van der Waals surface area contributed by atoms with Gasteiger partial charge in [-0.15, -0.1) is 0 Å². The second-order valence-electron chi connectivity index (χ2n) is 4.75. The highest BCUT2D eigenvalue weighted by Gasteiger charge is 2.31. The molecular weight excluding hydrogens is 270 g/mol. The molecular formula is C15H17N3O3. The highest BCUT2D eigenvalue weighted by atomic mass is 16.4. The van der Waals surface area contributed by atoms with Gasteiger partial charge in [-0.05, 0) is 11.6 Å². The van der Waals surface area contributed by atoms with E-state index in [0.29, 0.717) is 5.69 Å². The van der Waals surface area contributed by atoms with E-state index >= 15 is 0 Å². The van der Waals surface area contributed by atoms with E-state index in [-0.39, 0.29) is 12.5 Å². The third kappa shape index (κ3) is 3.28. The van der Waals surface area contributed by atoms with E-state index in [9.17, 15) is 14.7 Å². The summed E-state index contributed by atoms with van der Waals surface area (Å²) in [4.78, 5) is 24.9. The van der Waals surface area contributed by atoms with Gasteiger partial charge in [-0.2, -0.15) is 5.10 Å². The van der Waals surface area contributed by atoms with Crippen LogP contribution in [0.4, 0.5) is 0 Å². The molecule has 1 atom stereocenters. The molecule has 0 fully saturated rings. The molecule has 2 rings (SSSR count). The molecule has 0 saturated carbocycles. The van der Waals surface area contributed by atoms with Crippen LogP contribution in [0.5, 0.6) is 0 Å². The topological polar surface area (TPSA) is 75.4 Å². The van der Waals surface area contributed by atoms with E-state index in [0.717, 1.165) is 5.56 Å². The average Bonchev–Trinajstić information content (AvgIpc) is 2.85. The molecule has 21 heavy (non-hydrogen) atoms. The number of aliphatic carboxylic acids is 1. The molecule has 0 aliphatic carbocycles. The summed E-state index contributed by atoms with van der Waals surface area (Å²) in [5.41, 5.74) is 1.34. The van der Waals surface area contributed by atoms with E-state index in [4.69, 9.17) is 0 Å². The number of nitrogens with zero attached hydrogens (tertiary/aromatic N) is 3. The van der Waals surface area contributed by atoms with Gasteiger partial charge in [0.25, 0.3) is 0 Å². The molecule has 0 radical (unpaired) electrons. The number of carbonyl (C=O) groups is 2. The fourth-order valence-electron chi connectivity index (χ4n) is 2.24. The lowest BCUT2D eigenvalue weighted by Gasteiger charge is -2.28. The summed E-state index contributed by atoms with van der Waals surface area (Å²) in [6.45, 7) is 1.60. The normalized spacial score (nSPS) is 11.9. The van der Waals surface area contributed by atoms with Crippen LogP contribution in [0.2, 0.25) is 0 Å². The largest absolute Gasteiger partial charge is 0.479 e. The monoisotopic (exact) mass is 287 g/mol. The first kappa shape index (κ1) is 14.8. The summed E-state index contributed by atoms with van der Waals surface area (Å²) in [6.07, 6.45) is 1.52. The number of amides is 1. The van der Waals surface area contributed by atoms with Crippen molar-refractivity contribution in [1.82, 2.24) is 14.7 Å². The van der Waals surface area contributed by atoms with Gasteiger partial charge in [-0.25, -0.2) is 4.79 Å². The van der Waals surface area contributed by atoms with Crippen molar-refractivity contribution in [3.8, 4) is 0 Å². The van der Waals surface area contributed by atoms with Crippen LogP contribution in [-0.4, -0.2) is 31.7 Å². The lowest BCUT2D eigenvalue weighted by molar-refractivity contribution is -0.150. The van der Waals surface area contributed by atoms with Gasteiger partial charge in [0, 0.05) is 26.7 Å². The van der Waals surface area contributed by atoms with Crippen molar-refractivity contribution in [3.05, 3.63) is 53.9 Å². The molecule has 6 heteroatoms. The number of carboxylic acid groups (broad SMARTS) is 1. The van der Waals surface area contributed by atoms with E-state index in [1.54, 1.807) is 13.1 Å². The fraction of sp³-hybridized carbons (Fsp3) is 0.267. The molecule has 0 aliphatic rings. The molecule has 0 bridgehead atoms. The van der Waals surface area contributed by atoms with Gasteiger partial charge in [0.1, 0.15) is 0 Å². The number of benzene rings is 1. The van der Waals surface area contributed by atoms with Crippen molar-refractivity contribution in [1.29, 1.82) is 0 Å². The van der Waals surface area contributed by atoms with Crippen LogP contribution in [0, 0.1) is 0 Å². The summed E-state index contributed by atoms with van der Waals surface area (Å²) in [5.74, 6) is -1.38. The summed E-state index contributed by atoms with van der Waals surface area (Å²) in [5, 5.41) is 13.5. The molecule has 1 aromatic heterocycles. The maximum absolute atomic E-state index is 11.9. The number of rotatable bonds is 5. The van der Waals surface area contributed by atoms with Crippen molar-refractivity contribution >= 4 is 11.9 Å². The van der Waals surface area contributed by atoms with Gasteiger partial charge < -0.3 is 10.0 Å². The van der Waals surface area contributed by atoms with E-state index in [1.807, 2.05) is 30.3 Å². The summed E-state index contributed by atoms with van der Waals surface area (Å²) >= 11 is 0. The molecule has 0 aliphatic heterocycles. The molecule has 110 valence electrons. The minimum absolute atomic E-state index is 0.234. The number of aryl methyl sites for hydroxylation is 1. The van der Waals surface area contributed by atoms with Crippen molar-refractivity contribution in [2.24, 2.45) is 7.05 Å². The first-order valence-corrected chi connectivity index (χ1v) is 6.52. The minimum atomic E-state index is -1.08. The lowest BCUT2D eigenvalue weighted by Crippen LogP contribution is -2.38. The average molecular weight is 287 g/mol. The highest BCUT2D eigenvalue weighted by molar-refractivity contribution is 5.83. The number of carbonyl (C=O) groups excluding carboxylic acids is 1. The minimum Gasteiger partial charge on any atom is -0.479 e. The fourth-order valence-corrected chi connectivity index (χ4v) is 2.24. The first-order chi connectivity index (χ1) is 10.0. The Morgan fingerprint density at radius 1 is 1.29 bits per heavy atom. The van der Waals surface area contributed by atoms with Gasteiger partial charge >= 0.3 is 5.97 Å². The van der Waals surface area contributed by atoms with Crippen LogP contribution in [-0.2, 0) is 23.2 Å². The predicted octanol–water partition coefficient (Wildman–Crippen LogP) is 1.59. The Bertz CT molecular complexity index is 637. The number of carboxylic acids is 1. The Kier molecular flexibility index (Phi) is 4.37.